The average molecular weight is 570 g/mol. The van der Waals surface area contributed by atoms with Crippen LogP contribution < -0.4 is 20.7 Å². The van der Waals surface area contributed by atoms with Gasteiger partial charge in [-0.1, -0.05) is 31.0 Å². The Bertz CT molecular complexity index is 1310. The molecule has 200 valence electrons. The van der Waals surface area contributed by atoms with Gasteiger partial charge in [-0.05, 0) is 73.8 Å². The van der Waals surface area contributed by atoms with Gasteiger partial charge in [0.2, 0.25) is 5.91 Å². The number of aryl methyl sites for hydroxylation is 1. The van der Waals surface area contributed by atoms with E-state index in [1.807, 2.05) is 48.5 Å². The maximum atomic E-state index is 12.9. The number of benzene rings is 2. The van der Waals surface area contributed by atoms with Crippen LogP contribution in [-0.2, 0) is 22.4 Å². The Balaban J connectivity index is 1.37. The van der Waals surface area contributed by atoms with Crippen molar-refractivity contribution in [2.75, 3.05) is 35.9 Å². The number of ether oxygens (including phenoxy) is 2. The summed E-state index contributed by atoms with van der Waals surface area (Å²) in [6.07, 6.45) is 6.26. The molecule has 1 aliphatic carbocycles. The van der Waals surface area contributed by atoms with Crippen LogP contribution in [0.4, 0.5) is 16.4 Å². The first-order valence-electron chi connectivity index (χ1n) is 12.4. The van der Waals surface area contributed by atoms with E-state index >= 15 is 0 Å². The molecule has 38 heavy (non-hydrogen) atoms. The fourth-order valence-corrected chi connectivity index (χ4v) is 6.61. The Kier molecular flexibility index (Phi) is 10.0. The van der Waals surface area contributed by atoms with Crippen molar-refractivity contribution in [2.24, 2.45) is 0 Å². The Labute approximate surface area is 236 Å². The van der Waals surface area contributed by atoms with Gasteiger partial charge in [0.15, 0.2) is 5.11 Å². The lowest BCUT2D eigenvalue weighted by molar-refractivity contribution is -0.113. The minimum absolute atomic E-state index is 0.166. The van der Waals surface area contributed by atoms with E-state index in [-0.39, 0.29) is 17.6 Å². The summed E-state index contributed by atoms with van der Waals surface area (Å²) in [5.74, 6) is 0.347. The zero-order valence-corrected chi connectivity index (χ0v) is 23.9. The van der Waals surface area contributed by atoms with Gasteiger partial charge in [-0.2, -0.15) is 0 Å². The summed E-state index contributed by atoms with van der Waals surface area (Å²) in [6.45, 7) is 0. The Morgan fingerprint density at radius 2 is 1.76 bits per heavy atom. The number of hydrogen-bond acceptors (Lipinski definition) is 7. The number of carbonyl (C=O) groups excluding carboxylic acids is 2. The van der Waals surface area contributed by atoms with Crippen LogP contribution in [0, 0.1) is 0 Å². The number of thiophene rings is 1. The van der Waals surface area contributed by atoms with Gasteiger partial charge < -0.3 is 25.4 Å². The standard InChI is InChI=1S/C28H31N3O4S3/c1-34-22-14-8-7-13-21(22)30-28(36)29-18-10-9-11-19(16-18)37-17-24(32)31-26-25(27(33)35-2)20-12-5-3-4-6-15-23(20)38-26/h7-11,13-14,16H,3-6,12,15,17H2,1-2H3,(H,31,32)(H2,29,30,36). The largest absolute Gasteiger partial charge is 0.495 e. The molecule has 0 bridgehead atoms. The van der Waals surface area contributed by atoms with Crippen molar-refractivity contribution >= 4 is 68.7 Å². The summed E-state index contributed by atoms with van der Waals surface area (Å²) < 4.78 is 10.4. The molecule has 0 spiro atoms. The van der Waals surface area contributed by atoms with Crippen LogP contribution in [0.1, 0.15) is 46.5 Å². The quantitative estimate of drug-likeness (QED) is 0.156. The highest BCUT2D eigenvalue weighted by Crippen LogP contribution is 2.37. The minimum atomic E-state index is -0.387. The molecular weight excluding hydrogens is 539 g/mol. The van der Waals surface area contributed by atoms with Gasteiger partial charge in [0.05, 0.1) is 31.2 Å². The smallest absolute Gasteiger partial charge is 0.341 e. The molecule has 0 atom stereocenters. The zero-order chi connectivity index (χ0) is 26.9. The maximum absolute atomic E-state index is 12.9. The third-order valence-electron chi connectivity index (χ3n) is 6.13. The van der Waals surface area contributed by atoms with Crippen LogP contribution in [-0.4, -0.2) is 37.0 Å². The van der Waals surface area contributed by atoms with Gasteiger partial charge in [0.25, 0.3) is 0 Å². The second-order valence-electron chi connectivity index (χ2n) is 8.76. The fraction of sp³-hybridized carbons (Fsp3) is 0.321. The van der Waals surface area contributed by atoms with Gasteiger partial charge in [-0.25, -0.2) is 4.79 Å². The molecule has 2 aromatic carbocycles. The average Bonchev–Trinajstić information content (AvgIpc) is 3.22. The highest BCUT2D eigenvalue weighted by Gasteiger charge is 2.25. The lowest BCUT2D eigenvalue weighted by atomic mass is 9.96. The predicted molar refractivity (Wildman–Crippen MR) is 160 cm³/mol. The predicted octanol–water partition coefficient (Wildman–Crippen LogP) is 6.74. The van der Waals surface area contributed by atoms with Gasteiger partial charge in [0.1, 0.15) is 10.8 Å². The molecule has 1 amide bonds. The normalized spacial score (nSPS) is 12.9. The van der Waals surface area contributed by atoms with E-state index in [1.165, 1.54) is 41.5 Å². The van der Waals surface area contributed by atoms with Crippen molar-refractivity contribution in [1.29, 1.82) is 0 Å². The van der Waals surface area contributed by atoms with E-state index in [2.05, 4.69) is 16.0 Å². The first kappa shape index (κ1) is 27.9. The van der Waals surface area contributed by atoms with Crippen LogP contribution in [0.3, 0.4) is 0 Å². The first-order chi connectivity index (χ1) is 18.5. The number of hydrogen-bond donors (Lipinski definition) is 3. The Morgan fingerprint density at radius 3 is 2.55 bits per heavy atom. The van der Waals surface area contributed by atoms with Crippen molar-refractivity contribution in [1.82, 2.24) is 0 Å². The number of carbonyl (C=O) groups is 2. The van der Waals surface area contributed by atoms with Crippen LogP contribution in [0.15, 0.2) is 53.4 Å². The first-order valence-corrected chi connectivity index (χ1v) is 14.7. The molecule has 1 heterocycles. The number of nitrogens with one attached hydrogen (secondary N) is 3. The third-order valence-corrected chi connectivity index (χ3v) is 8.54. The summed E-state index contributed by atoms with van der Waals surface area (Å²) in [7, 11) is 2.99. The summed E-state index contributed by atoms with van der Waals surface area (Å²) in [6, 6.07) is 15.2. The monoisotopic (exact) mass is 569 g/mol. The highest BCUT2D eigenvalue weighted by atomic mass is 32.2. The second-order valence-corrected chi connectivity index (χ2v) is 11.3. The summed E-state index contributed by atoms with van der Waals surface area (Å²) >= 11 is 8.38. The lowest BCUT2D eigenvalue weighted by Crippen LogP contribution is -2.19. The van der Waals surface area contributed by atoms with E-state index in [0.29, 0.717) is 21.4 Å². The van der Waals surface area contributed by atoms with Gasteiger partial charge >= 0.3 is 5.97 Å². The molecule has 10 heteroatoms. The molecule has 1 aromatic heterocycles. The molecule has 0 saturated carbocycles. The lowest BCUT2D eigenvalue weighted by Gasteiger charge is -2.14. The number of amides is 1. The number of para-hydroxylation sites is 2. The van der Waals surface area contributed by atoms with E-state index in [1.54, 1.807) is 7.11 Å². The molecule has 0 unspecified atom stereocenters. The van der Waals surface area contributed by atoms with E-state index < -0.39 is 0 Å². The zero-order valence-electron chi connectivity index (χ0n) is 21.4. The molecule has 0 radical (unpaired) electrons. The van der Waals surface area contributed by atoms with Crippen LogP contribution in [0.5, 0.6) is 5.75 Å². The summed E-state index contributed by atoms with van der Waals surface area (Å²) in [5.41, 5.74) is 3.13. The topological polar surface area (TPSA) is 88.7 Å². The second kappa shape index (κ2) is 13.6. The summed E-state index contributed by atoms with van der Waals surface area (Å²) in [4.78, 5) is 27.6. The molecule has 0 saturated heterocycles. The third kappa shape index (κ3) is 7.27. The van der Waals surface area contributed by atoms with Crippen molar-refractivity contribution in [2.45, 2.75) is 43.4 Å². The molecular formula is C28H31N3O4S3. The fourth-order valence-electron chi connectivity index (χ4n) is 4.33. The van der Waals surface area contributed by atoms with Gasteiger partial charge in [-0.15, -0.1) is 23.1 Å². The minimum Gasteiger partial charge on any atom is -0.495 e. The van der Waals surface area contributed by atoms with E-state index in [0.717, 1.165) is 53.9 Å². The number of esters is 1. The van der Waals surface area contributed by atoms with Crippen molar-refractivity contribution in [3.8, 4) is 5.75 Å². The van der Waals surface area contributed by atoms with Crippen molar-refractivity contribution in [3.63, 3.8) is 0 Å². The molecule has 3 aromatic rings. The Morgan fingerprint density at radius 1 is 0.974 bits per heavy atom. The van der Waals surface area contributed by atoms with Crippen LogP contribution >= 0.6 is 35.3 Å². The number of rotatable bonds is 8. The molecule has 7 nitrogen and oxygen atoms in total. The van der Waals surface area contributed by atoms with Crippen LogP contribution in [0.25, 0.3) is 0 Å². The van der Waals surface area contributed by atoms with E-state index in [9.17, 15) is 9.59 Å². The Hall–Kier alpha value is -3.08. The van der Waals surface area contributed by atoms with Gasteiger partial charge in [0, 0.05) is 15.5 Å². The summed E-state index contributed by atoms with van der Waals surface area (Å²) in [5, 5.41) is 10.3. The number of methoxy groups -OCH3 is 2. The number of anilines is 3. The van der Waals surface area contributed by atoms with Crippen LogP contribution in [0.2, 0.25) is 0 Å². The van der Waals surface area contributed by atoms with E-state index in [4.69, 9.17) is 21.7 Å². The number of thioether (sulfide) groups is 1. The molecule has 1 aliphatic rings. The number of thiocarbonyl (C=S) groups is 1. The van der Waals surface area contributed by atoms with Crippen molar-refractivity contribution < 1.29 is 19.1 Å². The SMILES string of the molecule is COC(=O)c1c(NC(=O)CSc2cccc(NC(=S)Nc3ccccc3OC)c2)sc2c1CCCCCC2. The van der Waals surface area contributed by atoms with Crippen molar-refractivity contribution in [3.05, 3.63) is 64.5 Å². The molecule has 0 aliphatic heterocycles. The maximum Gasteiger partial charge on any atom is 0.341 e. The molecule has 4 rings (SSSR count). The molecule has 0 fully saturated rings. The highest BCUT2D eigenvalue weighted by molar-refractivity contribution is 8.00. The van der Waals surface area contributed by atoms with Gasteiger partial charge in [-0.3, -0.25) is 4.79 Å². The molecule has 3 N–H and O–H groups in total. The number of fused-ring (bicyclic) bond motifs is 1.